The van der Waals surface area contributed by atoms with Crippen molar-refractivity contribution in [2.75, 3.05) is 0 Å². The van der Waals surface area contributed by atoms with Crippen LogP contribution < -0.4 is 9.47 Å². The van der Waals surface area contributed by atoms with Gasteiger partial charge in [-0.3, -0.25) is 15.1 Å². The molecule has 0 N–H and O–H groups in total. The van der Waals surface area contributed by atoms with Crippen LogP contribution in [-0.4, -0.2) is 11.1 Å². The summed E-state index contributed by atoms with van der Waals surface area (Å²) >= 11 is 0. The normalized spacial score (nSPS) is 11.9. The Kier molecular flexibility index (Phi) is 4.17. The standard InChI is InChI=1S/C24H16N2O4/c1-15-6-9-17(10-7-15)29-18-12-21(26(27)28)20-14-25-24-19-5-3-2-4-16(19)8-11-22(24)30-23(20)13-18/h2-14H,1H3. The van der Waals surface area contributed by atoms with E-state index < -0.39 is 4.92 Å². The zero-order chi connectivity index (χ0) is 20.7. The Morgan fingerprint density at radius 1 is 0.933 bits per heavy atom. The zero-order valence-electron chi connectivity index (χ0n) is 16.0. The molecule has 1 aliphatic heterocycles. The minimum Gasteiger partial charge on any atom is -0.457 e. The molecule has 0 aliphatic carbocycles. The van der Waals surface area contributed by atoms with Crippen molar-refractivity contribution in [1.82, 2.24) is 0 Å². The molecule has 146 valence electrons. The lowest BCUT2D eigenvalue weighted by molar-refractivity contribution is -0.385. The van der Waals surface area contributed by atoms with Gasteiger partial charge in [0.1, 0.15) is 28.5 Å². The Labute approximate surface area is 172 Å². The summed E-state index contributed by atoms with van der Waals surface area (Å²) in [5.41, 5.74) is 1.91. The Morgan fingerprint density at radius 3 is 2.53 bits per heavy atom. The first-order valence-corrected chi connectivity index (χ1v) is 9.39. The molecular formula is C24H16N2O4. The summed E-state index contributed by atoms with van der Waals surface area (Å²) < 4.78 is 11.9. The van der Waals surface area contributed by atoms with Crippen molar-refractivity contribution in [3.8, 4) is 23.0 Å². The number of aliphatic imine (C=N–C) groups is 1. The highest BCUT2D eigenvalue weighted by atomic mass is 16.6. The number of ether oxygens (including phenoxy) is 2. The molecule has 0 saturated heterocycles. The predicted molar refractivity (Wildman–Crippen MR) is 116 cm³/mol. The van der Waals surface area contributed by atoms with Crippen LogP contribution in [-0.2, 0) is 0 Å². The van der Waals surface area contributed by atoms with Gasteiger partial charge in [-0.2, -0.15) is 0 Å². The van der Waals surface area contributed by atoms with Crippen LogP contribution in [0.25, 0.3) is 10.8 Å². The number of aryl methyl sites for hydroxylation is 1. The first-order valence-electron chi connectivity index (χ1n) is 9.39. The van der Waals surface area contributed by atoms with E-state index in [0.29, 0.717) is 34.2 Å². The minimum absolute atomic E-state index is 0.129. The highest BCUT2D eigenvalue weighted by molar-refractivity contribution is 6.01. The second-order valence-corrected chi connectivity index (χ2v) is 7.02. The summed E-state index contributed by atoms with van der Waals surface area (Å²) in [7, 11) is 0. The highest BCUT2D eigenvalue weighted by Gasteiger charge is 2.24. The highest BCUT2D eigenvalue weighted by Crippen LogP contribution is 2.44. The van der Waals surface area contributed by atoms with E-state index in [2.05, 4.69) is 4.99 Å². The monoisotopic (exact) mass is 396 g/mol. The molecule has 0 spiro atoms. The Morgan fingerprint density at radius 2 is 1.73 bits per heavy atom. The first-order chi connectivity index (χ1) is 14.6. The molecule has 6 nitrogen and oxygen atoms in total. The molecule has 0 aromatic heterocycles. The van der Waals surface area contributed by atoms with E-state index >= 15 is 0 Å². The number of nitro groups is 1. The molecule has 0 bridgehead atoms. The molecule has 0 amide bonds. The number of nitrogens with zero attached hydrogens (tertiary/aromatic N) is 2. The number of benzene rings is 4. The largest absolute Gasteiger partial charge is 0.457 e. The van der Waals surface area contributed by atoms with Gasteiger partial charge in [0.25, 0.3) is 5.69 Å². The fourth-order valence-electron chi connectivity index (χ4n) is 3.45. The van der Waals surface area contributed by atoms with E-state index in [-0.39, 0.29) is 5.69 Å². The number of rotatable bonds is 3. The number of fused-ring (bicyclic) bond motifs is 4. The third-order valence-electron chi connectivity index (χ3n) is 4.95. The quantitative estimate of drug-likeness (QED) is 0.251. The topological polar surface area (TPSA) is 74.0 Å². The van der Waals surface area contributed by atoms with E-state index in [4.69, 9.17) is 9.47 Å². The summed E-state index contributed by atoms with van der Waals surface area (Å²) in [5.74, 6) is 1.76. The maximum absolute atomic E-state index is 11.8. The number of hydrogen-bond acceptors (Lipinski definition) is 5. The second-order valence-electron chi connectivity index (χ2n) is 7.02. The van der Waals surface area contributed by atoms with Crippen molar-refractivity contribution < 1.29 is 14.4 Å². The van der Waals surface area contributed by atoms with Gasteiger partial charge in [0.2, 0.25) is 0 Å². The van der Waals surface area contributed by atoms with E-state index in [9.17, 15) is 10.1 Å². The van der Waals surface area contributed by atoms with Crippen LogP contribution in [0.15, 0.2) is 77.8 Å². The van der Waals surface area contributed by atoms with Gasteiger partial charge in [-0.05, 0) is 30.5 Å². The van der Waals surface area contributed by atoms with Gasteiger partial charge in [0, 0.05) is 17.7 Å². The van der Waals surface area contributed by atoms with Crippen LogP contribution in [0.4, 0.5) is 11.4 Å². The van der Waals surface area contributed by atoms with Crippen LogP contribution in [0.1, 0.15) is 11.1 Å². The van der Waals surface area contributed by atoms with E-state index in [1.54, 1.807) is 6.07 Å². The van der Waals surface area contributed by atoms with Crippen LogP contribution in [0.3, 0.4) is 0 Å². The van der Waals surface area contributed by atoms with Gasteiger partial charge in [-0.1, -0.05) is 48.0 Å². The molecule has 0 fully saturated rings. The maximum atomic E-state index is 11.8. The average molecular weight is 396 g/mol. The van der Waals surface area contributed by atoms with Crippen molar-refractivity contribution in [1.29, 1.82) is 0 Å². The summed E-state index contributed by atoms with van der Waals surface area (Å²) in [6.45, 7) is 1.98. The van der Waals surface area contributed by atoms with Crippen molar-refractivity contribution in [3.05, 3.63) is 94.0 Å². The second kappa shape index (κ2) is 7.00. The fourth-order valence-corrected chi connectivity index (χ4v) is 3.45. The molecule has 4 aromatic carbocycles. The number of hydrogen-bond donors (Lipinski definition) is 0. The lowest BCUT2D eigenvalue weighted by Crippen LogP contribution is -1.98. The molecule has 0 saturated carbocycles. The smallest absolute Gasteiger partial charge is 0.285 e. The minimum atomic E-state index is -0.454. The summed E-state index contributed by atoms with van der Waals surface area (Å²) in [6.07, 6.45) is 1.49. The summed E-state index contributed by atoms with van der Waals surface area (Å²) in [4.78, 5) is 15.8. The van der Waals surface area contributed by atoms with Crippen molar-refractivity contribution in [2.24, 2.45) is 4.99 Å². The molecule has 0 atom stereocenters. The van der Waals surface area contributed by atoms with Gasteiger partial charge in [-0.15, -0.1) is 0 Å². The van der Waals surface area contributed by atoms with Gasteiger partial charge in [0.05, 0.1) is 11.0 Å². The summed E-state index contributed by atoms with van der Waals surface area (Å²) in [6, 6.07) is 22.1. The maximum Gasteiger partial charge on any atom is 0.285 e. The van der Waals surface area contributed by atoms with Crippen LogP contribution in [0.2, 0.25) is 0 Å². The van der Waals surface area contributed by atoms with Crippen molar-refractivity contribution >= 4 is 28.4 Å². The van der Waals surface area contributed by atoms with Crippen LogP contribution >= 0.6 is 0 Å². The number of nitro benzene ring substituents is 1. The van der Waals surface area contributed by atoms with Crippen LogP contribution in [0.5, 0.6) is 23.0 Å². The van der Waals surface area contributed by atoms with E-state index in [1.165, 1.54) is 12.3 Å². The van der Waals surface area contributed by atoms with Gasteiger partial charge in [0.15, 0.2) is 5.75 Å². The third-order valence-corrected chi connectivity index (χ3v) is 4.95. The van der Waals surface area contributed by atoms with Gasteiger partial charge < -0.3 is 9.47 Å². The lowest BCUT2D eigenvalue weighted by atomic mass is 10.1. The van der Waals surface area contributed by atoms with Crippen molar-refractivity contribution in [2.45, 2.75) is 6.92 Å². The predicted octanol–water partition coefficient (Wildman–Crippen LogP) is 6.71. The van der Waals surface area contributed by atoms with Gasteiger partial charge in [-0.25, -0.2) is 0 Å². The lowest BCUT2D eigenvalue weighted by Gasteiger charge is -2.12. The molecule has 0 unspecified atom stereocenters. The molecule has 1 heterocycles. The zero-order valence-corrected chi connectivity index (χ0v) is 16.0. The summed E-state index contributed by atoms with van der Waals surface area (Å²) in [5, 5.41) is 13.7. The molecule has 1 aliphatic rings. The molecule has 5 rings (SSSR count). The fraction of sp³-hybridized carbons (Fsp3) is 0.0417. The Bertz CT molecular complexity index is 1330. The van der Waals surface area contributed by atoms with Crippen LogP contribution in [0, 0.1) is 17.0 Å². The SMILES string of the molecule is Cc1ccc(Oc2cc3c(c([N+](=O)[O-])c2)C=Nc2c(ccc4ccccc24)O3)cc1. The van der Waals surface area contributed by atoms with E-state index in [0.717, 1.165) is 16.3 Å². The molecule has 0 radical (unpaired) electrons. The van der Waals surface area contributed by atoms with Gasteiger partial charge >= 0.3 is 0 Å². The van der Waals surface area contributed by atoms with E-state index in [1.807, 2.05) is 67.6 Å². The van der Waals surface area contributed by atoms with Crippen molar-refractivity contribution in [3.63, 3.8) is 0 Å². The average Bonchev–Trinajstić information content (AvgIpc) is 2.94. The molecule has 6 heteroatoms. The Balaban J connectivity index is 1.63. The molecule has 30 heavy (non-hydrogen) atoms. The molecular weight excluding hydrogens is 380 g/mol. The molecule has 4 aromatic rings. The Hall–Kier alpha value is -4.19. The third kappa shape index (κ3) is 3.14. The first kappa shape index (κ1) is 17.9.